The van der Waals surface area contributed by atoms with Gasteiger partial charge in [0, 0.05) is 0 Å². The van der Waals surface area contributed by atoms with Crippen LogP contribution in [0, 0.1) is 0 Å². The molecule has 114 valence electrons. The lowest BCUT2D eigenvalue weighted by molar-refractivity contribution is 0.838. The Balaban J connectivity index is 1.60. The Kier molecular flexibility index (Phi) is 4.49. The number of thioether (sulfide) groups is 2. The third-order valence-electron chi connectivity index (χ3n) is 4.78. The molecule has 0 radical (unpaired) electrons. The van der Waals surface area contributed by atoms with Gasteiger partial charge in [-0.25, -0.2) is 0 Å². The van der Waals surface area contributed by atoms with Crippen molar-refractivity contribution in [1.29, 1.82) is 0 Å². The van der Waals surface area contributed by atoms with Gasteiger partial charge in [0.2, 0.25) is 0 Å². The van der Waals surface area contributed by atoms with Gasteiger partial charge in [-0.3, -0.25) is 0 Å². The Hall–Kier alpha value is -0.860. The Bertz CT molecular complexity index is 657. The van der Waals surface area contributed by atoms with E-state index in [2.05, 4.69) is 66.0 Å². The van der Waals surface area contributed by atoms with Crippen molar-refractivity contribution in [3.8, 4) is 0 Å². The van der Waals surface area contributed by atoms with Gasteiger partial charge in [-0.05, 0) is 71.4 Å². The normalized spacial score (nSPS) is 18.9. The largest absolute Gasteiger partial charge is 0.143 e. The molecule has 2 aromatic carbocycles. The van der Waals surface area contributed by atoms with Crippen molar-refractivity contribution < 1.29 is 0 Å². The van der Waals surface area contributed by atoms with Crippen molar-refractivity contribution in [3.05, 3.63) is 70.3 Å². The molecule has 0 atom stereocenters. The van der Waals surface area contributed by atoms with E-state index in [1.165, 1.54) is 43.6 Å². The highest BCUT2D eigenvalue weighted by Crippen LogP contribution is 2.44. The van der Waals surface area contributed by atoms with Crippen molar-refractivity contribution >= 4 is 23.5 Å². The maximum atomic E-state index is 2.51. The van der Waals surface area contributed by atoms with Gasteiger partial charge >= 0.3 is 0 Å². The van der Waals surface area contributed by atoms with E-state index in [0.717, 1.165) is 0 Å². The van der Waals surface area contributed by atoms with E-state index in [1.807, 2.05) is 0 Å². The molecule has 0 nitrogen and oxygen atoms in total. The predicted molar refractivity (Wildman–Crippen MR) is 100.0 cm³/mol. The minimum atomic E-state index is 0.664. The van der Waals surface area contributed by atoms with Gasteiger partial charge in [0.15, 0.2) is 0 Å². The van der Waals surface area contributed by atoms with Gasteiger partial charge in [-0.2, -0.15) is 0 Å². The minimum Gasteiger partial charge on any atom is -0.143 e. The first kappa shape index (κ1) is 14.7. The third kappa shape index (κ3) is 3.09. The molecule has 0 spiro atoms. The number of hydrogen-bond donors (Lipinski definition) is 0. The van der Waals surface area contributed by atoms with Crippen molar-refractivity contribution in [1.82, 2.24) is 0 Å². The van der Waals surface area contributed by atoms with E-state index in [4.69, 9.17) is 0 Å². The average molecular weight is 327 g/mol. The molecular weight excluding hydrogens is 304 g/mol. The molecule has 1 saturated heterocycles. The number of rotatable bonds is 1. The van der Waals surface area contributed by atoms with Crippen molar-refractivity contribution in [2.75, 3.05) is 11.5 Å². The Morgan fingerprint density at radius 2 is 1.27 bits per heavy atom. The zero-order chi connectivity index (χ0) is 14.8. The second-order valence-electron chi connectivity index (χ2n) is 6.22. The molecule has 2 heteroatoms. The highest BCUT2D eigenvalue weighted by molar-refractivity contribution is 8.16. The second-order valence-corrected chi connectivity index (χ2v) is 8.95. The van der Waals surface area contributed by atoms with Crippen molar-refractivity contribution in [2.45, 2.75) is 36.7 Å². The van der Waals surface area contributed by atoms with Gasteiger partial charge < -0.3 is 0 Å². The maximum Gasteiger partial charge on any atom is 0.0751 e. The van der Waals surface area contributed by atoms with Crippen LogP contribution in [0.25, 0.3) is 0 Å². The van der Waals surface area contributed by atoms with Crippen molar-refractivity contribution in [3.63, 3.8) is 0 Å². The molecule has 0 N–H and O–H groups in total. The van der Waals surface area contributed by atoms with E-state index in [9.17, 15) is 0 Å². The average Bonchev–Trinajstić information content (AvgIpc) is 2.58. The summed E-state index contributed by atoms with van der Waals surface area (Å²) in [6.07, 6.45) is 6.14. The predicted octanol–water partition coefficient (Wildman–Crippen LogP) is 5.44. The van der Waals surface area contributed by atoms with Crippen LogP contribution >= 0.6 is 23.5 Å². The van der Waals surface area contributed by atoms with Crippen LogP contribution in [0.2, 0.25) is 0 Å². The van der Waals surface area contributed by atoms with Crippen LogP contribution in [0.1, 0.15) is 38.8 Å². The van der Waals surface area contributed by atoms with E-state index in [-0.39, 0.29) is 0 Å². The van der Waals surface area contributed by atoms with Gasteiger partial charge in [0.25, 0.3) is 0 Å². The molecule has 1 aliphatic carbocycles. The van der Waals surface area contributed by atoms with Crippen LogP contribution in [0.4, 0.5) is 0 Å². The summed E-state index contributed by atoms with van der Waals surface area (Å²) in [4.78, 5) is 0. The molecule has 0 aromatic heterocycles. The summed E-state index contributed by atoms with van der Waals surface area (Å²) in [6, 6.07) is 16.3. The Morgan fingerprint density at radius 3 is 1.95 bits per heavy atom. The molecule has 0 bridgehead atoms. The summed E-state index contributed by atoms with van der Waals surface area (Å²) >= 11 is 4.26. The zero-order valence-corrected chi connectivity index (χ0v) is 14.5. The maximum absolute atomic E-state index is 2.51. The fourth-order valence-corrected chi connectivity index (χ4v) is 6.41. The molecule has 1 aliphatic heterocycles. The lowest BCUT2D eigenvalue weighted by Gasteiger charge is -2.23. The van der Waals surface area contributed by atoms with E-state index < -0.39 is 0 Å². The molecule has 4 rings (SSSR count). The smallest absolute Gasteiger partial charge is 0.0751 e. The lowest BCUT2D eigenvalue weighted by Crippen LogP contribution is -2.08. The van der Waals surface area contributed by atoms with Gasteiger partial charge in [0.1, 0.15) is 0 Å². The number of benzene rings is 2. The fourth-order valence-electron chi connectivity index (χ4n) is 3.53. The van der Waals surface area contributed by atoms with Crippen molar-refractivity contribution in [2.24, 2.45) is 0 Å². The first-order valence-electron chi connectivity index (χ1n) is 8.32. The summed E-state index contributed by atoms with van der Waals surface area (Å²) < 4.78 is 0.664. The SMILES string of the molecule is c1ccc2c(c1)CCc1ccc(C3SCCCS3)cc1CC2. The molecule has 1 heterocycles. The molecule has 2 aliphatic rings. The van der Waals surface area contributed by atoms with Crippen LogP contribution in [0.15, 0.2) is 42.5 Å². The minimum absolute atomic E-state index is 0.664. The van der Waals surface area contributed by atoms with Crippen LogP contribution in [-0.2, 0) is 25.7 Å². The summed E-state index contributed by atoms with van der Waals surface area (Å²) in [5, 5.41) is 0. The van der Waals surface area contributed by atoms with E-state index in [0.29, 0.717) is 4.58 Å². The molecular formula is C20H22S2. The summed E-state index contributed by atoms with van der Waals surface area (Å²) in [7, 11) is 0. The summed E-state index contributed by atoms with van der Waals surface area (Å²) in [5.41, 5.74) is 7.82. The van der Waals surface area contributed by atoms with Crippen LogP contribution in [0.5, 0.6) is 0 Å². The quantitative estimate of drug-likeness (QED) is 0.684. The molecule has 1 fully saturated rings. The lowest BCUT2D eigenvalue weighted by atomic mass is 9.88. The molecule has 2 aromatic rings. The summed E-state index contributed by atoms with van der Waals surface area (Å²) in [5.74, 6) is 2.64. The van der Waals surface area contributed by atoms with E-state index >= 15 is 0 Å². The monoisotopic (exact) mass is 326 g/mol. The van der Waals surface area contributed by atoms with Crippen LogP contribution < -0.4 is 0 Å². The first-order chi connectivity index (χ1) is 10.9. The number of aryl methyl sites for hydroxylation is 4. The van der Waals surface area contributed by atoms with Gasteiger partial charge in [0.05, 0.1) is 4.58 Å². The zero-order valence-electron chi connectivity index (χ0n) is 12.9. The molecule has 0 unspecified atom stereocenters. The highest BCUT2D eigenvalue weighted by atomic mass is 32.2. The highest BCUT2D eigenvalue weighted by Gasteiger charge is 2.18. The number of fused-ring (bicyclic) bond motifs is 2. The fraction of sp³-hybridized carbons (Fsp3) is 0.400. The topological polar surface area (TPSA) is 0 Å². The standard InChI is InChI=1S/C20H22S2/c1-2-5-16-8-10-18-14-19(20-21-12-3-13-22-20)11-9-17(18)7-6-15(16)4-1/h1-2,4-5,9,11,14,20H,3,6-8,10,12-13H2. The van der Waals surface area contributed by atoms with Gasteiger partial charge in [-0.1, -0.05) is 42.5 Å². The summed E-state index contributed by atoms with van der Waals surface area (Å²) in [6.45, 7) is 0. The second kappa shape index (κ2) is 6.72. The molecule has 0 amide bonds. The van der Waals surface area contributed by atoms with Crippen LogP contribution in [0.3, 0.4) is 0 Å². The molecule has 22 heavy (non-hydrogen) atoms. The molecule has 0 saturated carbocycles. The third-order valence-corrected chi connectivity index (χ3v) is 7.79. The first-order valence-corrected chi connectivity index (χ1v) is 10.4. The van der Waals surface area contributed by atoms with E-state index in [1.54, 1.807) is 27.8 Å². The Morgan fingerprint density at radius 1 is 0.682 bits per heavy atom. The number of hydrogen-bond acceptors (Lipinski definition) is 2. The Labute approximate surface area is 142 Å². The van der Waals surface area contributed by atoms with Gasteiger partial charge in [-0.15, -0.1) is 23.5 Å². The van der Waals surface area contributed by atoms with Crippen LogP contribution in [-0.4, -0.2) is 11.5 Å².